The predicted molar refractivity (Wildman–Crippen MR) is 29.0 cm³/mol. The highest BCUT2D eigenvalue weighted by atomic mass is 14.6. The van der Waals surface area contributed by atoms with Crippen molar-refractivity contribution in [1.29, 1.82) is 0 Å². The van der Waals surface area contributed by atoms with E-state index in [9.17, 15) is 0 Å². The molecule has 0 bridgehead atoms. The van der Waals surface area contributed by atoms with Gasteiger partial charge in [0.25, 0.3) is 0 Å². The number of rotatable bonds is 1. The van der Waals surface area contributed by atoms with Crippen LogP contribution in [0.2, 0.25) is 0 Å². The summed E-state index contributed by atoms with van der Waals surface area (Å²) in [5, 5.41) is 0. The molecule has 0 aliphatic heterocycles. The van der Waals surface area contributed by atoms with Crippen LogP contribution in [0, 0.1) is 0 Å². The third kappa shape index (κ3) is 3.41. The highest BCUT2D eigenvalue weighted by molar-refractivity contribution is 5.54. The van der Waals surface area contributed by atoms with Gasteiger partial charge in [-0.1, -0.05) is 6.08 Å². The Morgan fingerprint density at radius 2 is 2.00 bits per heavy atom. The average Bonchev–Trinajstić information content (AvgIpc) is 1.61. The van der Waals surface area contributed by atoms with Gasteiger partial charge in [-0.2, -0.15) is 0 Å². The molecule has 1 nitrogen and oxygen atoms in total. The van der Waals surface area contributed by atoms with Crippen molar-refractivity contribution in [2.24, 2.45) is 4.99 Å². The maximum absolute atomic E-state index is 3.78. The number of hydrogen-bond donors (Lipinski definition) is 0. The van der Waals surface area contributed by atoms with Crippen LogP contribution in [0.1, 0.15) is 13.8 Å². The Bertz CT molecular complexity index is 52.3. The van der Waals surface area contributed by atoms with Crippen LogP contribution >= 0.6 is 0 Å². The van der Waals surface area contributed by atoms with Crippen molar-refractivity contribution >= 4 is 6.21 Å². The largest absolute Gasteiger partial charge is 0.270 e. The van der Waals surface area contributed by atoms with Gasteiger partial charge in [-0.15, -0.1) is 0 Å². The molecule has 0 unspecified atom stereocenters. The highest BCUT2D eigenvalue weighted by Crippen LogP contribution is 1.67. The summed E-state index contributed by atoms with van der Waals surface area (Å²) in [5.74, 6) is 0. The smallest absolute Gasteiger partial charge is 0.0221 e. The first-order chi connectivity index (χ1) is 2.91. The maximum Gasteiger partial charge on any atom is 0.0221 e. The van der Waals surface area contributed by atoms with Gasteiger partial charge in [0.1, 0.15) is 0 Å². The highest BCUT2D eigenvalue weighted by Gasteiger charge is 1.48. The number of allylic oxidation sites excluding steroid dienone is 1. The lowest BCUT2D eigenvalue weighted by Crippen LogP contribution is -1.49. The molecule has 0 aromatic heterocycles. The molecule has 1 heteroatoms. The van der Waals surface area contributed by atoms with Crippen molar-refractivity contribution in [1.82, 2.24) is 0 Å². The molecule has 0 aliphatic rings. The third-order valence-corrected chi connectivity index (χ3v) is 0.384. The fourth-order valence-corrected chi connectivity index (χ4v) is 0.172. The zero-order valence-corrected chi connectivity index (χ0v) is 4.18. The summed E-state index contributed by atoms with van der Waals surface area (Å²) in [6.07, 6.45) is 5.39. The molecule has 34 valence electrons. The fourth-order valence-electron chi connectivity index (χ4n) is 0.172. The van der Waals surface area contributed by atoms with Crippen LogP contribution < -0.4 is 0 Å². The molecule has 0 atom stereocenters. The van der Waals surface area contributed by atoms with E-state index in [0.29, 0.717) is 0 Å². The molecule has 0 fully saturated rings. The lowest BCUT2D eigenvalue weighted by atomic mass is 10.7. The van der Waals surface area contributed by atoms with E-state index in [-0.39, 0.29) is 0 Å². The monoisotopic (exact) mass is 83.1 g/mol. The molecule has 0 saturated heterocycles. The van der Waals surface area contributed by atoms with Crippen molar-refractivity contribution in [3.63, 3.8) is 0 Å². The van der Waals surface area contributed by atoms with Gasteiger partial charge < -0.3 is 0 Å². The number of nitrogens with zero attached hydrogens (tertiary/aromatic N) is 1. The summed E-state index contributed by atoms with van der Waals surface area (Å²) in [4.78, 5) is 3.78. The molecule has 0 aromatic rings. The van der Waals surface area contributed by atoms with Crippen molar-refractivity contribution in [3.05, 3.63) is 12.3 Å². The van der Waals surface area contributed by atoms with E-state index in [1.54, 1.807) is 12.4 Å². The maximum atomic E-state index is 3.78. The standard InChI is InChI=1S/C5H9N/c1-3-5-6-4-2/h3-5H,1-2H3/b5-3+,6-4+. The molecule has 0 rings (SSSR count). The quantitative estimate of drug-likeness (QED) is 0.427. The van der Waals surface area contributed by atoms with Gasteiger partial charge in [0.2, 0.25) is 0 Å². The normalized spacial score (nSPS) is 11.7. The van der Waals surface area contributed by atoms with E-state index >= 15 is 0 Å². The second-order valence-electron chi connectivity index (χ2n) is 0.890. The summed E-state index contributed by atoms with van der Waals surface area (Å²) in [7, 11) is 0. The first kappa shape index (κ1) is 5.41. The summed E-state index contributed by atoms with van der Waals surface area (Å²) in [6, 6.07) is 0. The average molecular weight is 83.1 g/mol. The second-order valence-corrected chi connectivity index (χ2v) is 0.890. The Hall–Kier alpha value is -0.590. The van der Waals surface area contributed by atoms with Crippen LogP contribution in [0.4, 0.5) is 0 Å². The van der Waals surface area contributed by atoms with E-state index in [4.69, 9.17) is 0 Å². The van der Waals surface area contributed by atoms with Gasteiger partial charge in [0.05, 0.1) is 0 Å². The Labute approximate surface area is 38.4 Å². The van der Waals surface area contributed by atoms with Crippen molar-refractivity contribution in [2.75, 3.05) is 0 Å². The summed E-state index contributed by atoms with van der Waals surface area (Å²) >= 11 is 0. The van der Waals surface area contributed by atoms with Gasteiger partial charge in [-0.25, -0.2) is 0 Å². The number of aliphatic imine (C=N–C) groups is 1. The number of hydrogen-bond acceptors (Lipinski definition) is 1. The SMILES string of the molecule is C/C=C/N=C/C. The minimum atomic E-state index is 1.75. The van der Waals surface area contributed by atoms with Gasteiger partial charge in [-0.05, 0) is 13.8 Å². The van der Waals surface area contributed by atoms with Crippen molar-refractivity contribution in [2.45, 2.75) is 13.8 Å². The Balaban J connectivity index is 3.07. The van der Waals surface area contributed by atoms with Crippen molar-refractivity contribution < 1.29 is 0 Å². The molecule has 0 N–H and O–H groups in total. The molecule has 0 aromatic carbocycles. The first-order valence-electron chi connectivity index (χ1n) is 2.00. The van der Waals surface area contributed by atoms with Crippen LogP contribution in [0.3, 0.4) is 0 Å². The second kappa shape index (κ2) is 4.41. The molecule has 0 heterocycles. The lowest BCUT2D eigenvalue weighted by molar-refractivity contribution is 1.53. The van der Waals surface area contributed by atoms with E-state index in [0.717, 1.165) is 0 Å². The molecule has 0 spiro atoms. The van der Waals surface area contributed by atoms with E-state index < -0.39 is 0 Å². The summed E-state index contributed by atoms with van der Waals surface area (Å²) < 4.78 is 0. The first-order valence-corrected chi connectivity index (χ1v) is 2.00. The lowest BCUT2D eigenvalue weighted by Gasteiger charge is -1.64. The van der Waals surface area contributed by atoms with Crippen LogP contribution in [-0.4, -0.2) is 6.21 Å². The Morgan fingerprint density at radius 1 is 1.33 bits per heavy atom. The van der Waals surface area contributed by atoms with Crippen LogP contribution in [0.5, 0.6) is 0 Å². The van der Waals surface area contributed by atoms with Gasteiger partial charge in [0, 0.05) is 12.4 Å². The molecule has 0 amide bonds. The minimum absolute atomic E-state index is 1.75. The minimum Gasteiger partial charge on any atom is -0.270 e. The van der Waals surface area contributed by atoms with Gasteiger partial charge in [0.15, 0.2) is 0 Å². The van der Waals surface area contributed by atoms with Crippen LogP contribution in [-0.2, 0) is 0 Å². The zero-order chi connectivity index (χ0) is 4.83. The van der Waals surface area contributed by atoms with Crippen molar-refractivity contribution in [3.8, 4) is 0 Å². The fraction of sp³-hybridized carbons (Fsp3) is 0.400. The van der Waals surface area contributed by atoms with E-state index in [1.165, 1.54) is 0 Å². The summed E-state index contributed by atoms with van der Waals surface area (Å²) in [6.45, 7) is 3.83. The van der Waals surface area contributed by atoms with E-state index in [1.807, 2.05) is 19.9 Å². The van der Waals surface area contributed by atoms with Crippen LogP contribution in [0.25, 0.3) is 0 Å². The summed E-state index contributed by atoms with van der Waals surface area (Å²) in [5.41, 5.74) is 0. The molecule has 0 saturated carbocycles. The molecule has 0 radical (unpaired) electrons. The zero-order valence-electron chi connectivity index (χ0n) is 4.18. The molecule has 0 aliphatic carbocycles. The Morgan fingerprint density at radius 3 is 2.17 bits per heavy atom. The molecular formula is C5H9N. The molecule has 6 heavy (non-hydrogen) atoms. The Kier molecular flexibility index (Phi) is 3.98. The van der Waals surface area contributed by atoms with Gasteiger partial charge in [-0.3, -0.25) is 4.99 Å². The molecular weight excluding hydrogens is 74.1 g/mol. The topological polar surface area (TPSA) is 12.4 Å². The van der Waals surface area contributed by atoms with E-state index in [2.05, 4.69) is 4.99 Å². The predicted octanol–water partition coefficient (Wildman–Crippen LogP) is 1.61. The third-order valence-electron chi connectivity index (χ3n) is 0.384. The van der Waals surface area contributed by atoms with Crippen LogP contribution in [0.15, 0.2) is 17.3 Å². The van der Waals surface area contributed by atoms with Gasteiger partial charge >= 0.3 is 0 Å².